The first-order valence-corrected chi connectivity index (χ1v) is 10.7. The van der Waals surface area contributed by atoms with Crippen molar-refractivity contribution in [1.29, 1.82) is 0 Å². The maximum absolute atomic E-state index is 13.5. The summed E-state index contributed by atoms with van der Waals surface area (Å²) in [6.45, 7) is 2.60. The average molecular weight is 458 g/mol. The number of halogens is 1. The standard InChI is InChI=1S/C27H23FN2O4/c1-2-32-26-15-20(12-13-25(26)33-18-19-7-6-14-29-17-19)27(31)30-23-10-3-4-11-24(23)34-22-9-5-8-21(28)16-22/h3-17H,2,18H2,1H3,(H,30,31). The molecule has 0 aliphatic carbocycles. The van der Waals surface area contributed by atoms with Crippen LogP contribution in [0.2, 0.25) is 0 Å². The summed E-state index contributed by atoms with van der Waals surface area (Å²) >= 11 is 0. The molecule has 6 nitrogen and oxygen atoms in total. The van der Waals surface area contributed by atoms with Gasteiger partial charge in [0.1, 0.15) is 18.2 Å². The molecule has 7 heteroatoms. The fraction of sp³-hybridized carbons (Fsp3) is 0.111. The van der Waals surface area contributed by atoms with Crippen molar-refractivity contribution in [3.05, 3.63) is 108 Å². The summed E-state index contributed by atoms with van der Waals surface area (Å²) < 4.78 is 30.9. The topological polar surface area (TPSA) is 69.7 Å². The van der Waals surface area contributed by atoms with Crippen molar-refractivity contribution >= 4 is 11.6 Å². The molecule has 0 saturated heterocycles. The van der Waals surface area contributed by atoms with Crippen molar-refractivity contribution < 1.29 is 23.4 Å². The Hall–Kier alpha value is -4.39. The zero-order valence-corrected chi connectivity index (χ0v) is 18.5. The molecule has 0 unspecified atom stereocenters. The van der Waals surface area contributed by atoms with Gasteiger partial charge in [-0.3, -0.25) is 9.78 Å². The maximum atomic E-state index is 13.5. The normalized spacial score (nSPS) is 10.4. The Bertz CT molecular complexity index is 1260. The quantitative estimate of drug-likeness (QED) is 0.321. The van der Waals surface area contributed by atoms with E-state index >= 15 is 0 Å². The van der Waals surface area contributed by atoms with Crippen LogP contribution in [-0.2, 0) is 6.61 Å². The Kier molecular flexibility index (Phi) is 7.35. The number of amides is 1. The molecule has 0 aliphatic rings. The summed E-state index contributed by atoms with van der Waals surface area (Å²) in [5.41, 5.74) is 1.76. The smallest absolute Gasteiger partial charge is 0.255 e. The number of pyridine rings is 1. The van der Waals surface area contributed by atoms with Crippen molar-refractivity contribution in [3.8, 4) is 23.0 Å². The Morgan fingerprint density at radius 1 is 0.912 bits per heavy atom. The van der Waals surface area contributed by atoms with E-state index < -0.39 is 5.82 Å². The van der Waals surface area contributed by atoms with Crippen LogP contribution in [0.25, 0.3) is 0 Å². The summed E-state index contributed by atoms with van der Waals surface area (Å²) in [5, 5.41) is 2.85. The molecular formula is C27H23FN2O4. The monoisotopic (exact) mass is 458 g/mol. The molecular weight excluding hydrogens is 435 g/mol. The van der Waals surface area contributed by atoms with Gasteiger partial charge >= 0.3 is 0 Å². The van der Waals surface area contributed by atoms with Crippen LogP contribution in [0.1, 0.15) is 22.8 Å². The second-order valence-electron chi connectivity index (χ2n) is 7.25. The van der Waals surface area contributed by atoms with Gasteiger partial charge < -0.3 is 19.5 Å². The van der Waals surface area contributed by atoms with E-state index in [9.17, 15) is 9.18 Å². The Labute approximate surface area is 196 Å². The number of nitrogens with one attached hydrogen (secondary N) is 1. The van der Waals surface area contributed by atoms with E-state index in [1.165, 1.54) is 12.1 Å². The van der Waals surface area contributed by atoms with E-state index in [0.29, 0.717) is 47.5 Å². The highest BCUT2D eigenvalue weighted by Crippen LogP contribution is 2.32. The summed E-state index contributed by atoms with van der Waals surface area (Å²) in [7, 11) is 0. The molecule has 0 bridgehead atoms. The van der Waals surface area contributed by atoms with Crippen LogP contribution in [0.15, 0.2) is 91.3 Å². The molecule has 4 aromatic rings. The summed E-state index contributed by atoms with van der Waals surface area (Å²) in [5.74, 6) is 0.946. The fourth-order valence-electron chi connectivity index (χ4n) is 3.19. The number of carbonyl (C=O) groups is 1. The van der Waals surface area contributed by atoms with E-state index in [-0.39, 0.29) is 5.91 Å². The predicted octanol–water partition coefficient (Wildman–Crippen LogP) is 6.24. The molecule has 4 rings (SSSR count). The lowest BCUT2D eigenvalue weighted by molar-refractivity contribution is 0.102. The van der Waals surface area contributed by atoms with Gasteiger partial charge in [-0.2, -0.15) is 0 Å². The summed E-state index contributed by atoms with van der Waals surface area (Å²) in [6, 6.07) is 21.5. The molecule has 0 saturated carbocycles. The van der Waals surface area contributed by atoms with Crippen molar-refractivity contribution in [3.63, 3.8) is 0 Å². The van der Waals surface area contributed by atoms with E-state index in [1.807, 2.05) is 19.1 Å². The Balaban J connectivity index is 1.50. The van der Waals surface area contributed by atoms with Crippen LogP contribution >= 0.6 is 0 Å². The SMILES string of the molecule is CCOc1cc(C(=O)Nc2ccccc2Oc2cccc(F)c2)ccc1OCc1cccnc1. The zero-order chi connectivity index (χ0) is 23.8. The van der Waals surface area contributed by atoms with Crippen molar-refractivity contribution in [2.75, 3.05) is 11.9 Å². The highest BCUT2D eigenvalue weighted by molar-refractivity contribution is 6.05. The number of carbonyl (C=O) groups excluding carboxylic acids is 1. The van der Waals surface area contributed by atoms with Crippen LogP contribution in [-0.4, -0.2) is 17.5 Å². The third kappa shape index (κ3) is 5.89. The van der Waals surface area contributed by atoms with Gasteiger partial charge in [-0.05, 0) is 55.5 Å². The molecule has 0 aliphatic heterocycles. The minimum absolute atomic E-state index is 0.324. The third-order valence-electron chi connectivity index (χ3n) is 4.78. The first kappa shape index (κ1) is 22.8. The van der Waals surface area contributed by atoms with Gasteiger partial charge in [-0.1, -0.05) is 24.3 Å². The largest absolute Gasteiger partial charge is 0.490 e. The number of nitrogens with zero attached hydrogens (tertiary/aromatic N) is 1. The lowest BCUT2D eigenvalue weighted by atomic mass is 10.1. The van der Waals surface area contributed by atoms with Crippen LogP contribution in [0.5, 0.6) is 23.0 Å². The van der Waals surface area contributed by atoms with Gasteiger partial charge in [0, 0.05) is 29.6 Å². The molecule has 1 aromatic heterocycles. The van der Waals surface area contributed by atoms with Crippen LogP contribution in [0.3, 0.4) is 0 Å². The molecule has 34 heavy (non-hydrogen) atoms. The molecule has 1 N–H and O–H groups in total. The first-order chi connectivity index (χ1) is 16.6. The van der Waals surface area contributed by atoms with Crippen LogP contribution < -0.4 is 19.5 Å². The van der Waals surface area contributed by atoms with Crippen LogP contribution in [0, 0.1) is 5.82 Å². The maximum Gasteiger partial charge on any atom is 0.255 e. The second-order valence-corrected chi connectivity index (χ2v) is 7.25. The number of para-hydroxylation sites is 2. The number of aromatic nitrogens is 1. The summed E-state index contributed by atoms with van der Waals surface area (Å²) in [4.78, 5) is 17.1. The molecule has 1 amide bonds. The zero-order valence-electron chi connectivity index (χ0n) is 18.5. The van der Waals surface area contributed by atoms with Crippen molar-refractivity contribution in [2.24, 2.45) is 0 Å². The van der Waals surface area contributed by atoms with E-state index in [1.54, 1.807) is 67.0 Å². The number of rotatable bonds is 9. The molecule has 0 radical (unpaired) electrons. The lowest BCUT2D eigenvalue weighted by Crippen LogP contribution is -2.13. The number of anilines is 1. The van der Waals surface area contributed by atoms with Gasteiger partial charge in [0.05, 0.1) is 12.3 Å². The second kappa shape index (κ2) is 11.0. The van der Waals surface area contributed by atoms with E-state index in [0.717, 1.165) is 5.56 Å². The summed E-state index contributed by atoms with van der Waals surface area (Å²) in [6.07, 6.45) is 3.43. The van der Waals surface area contributed by atoms with Gasteiger partial charge in [-0.15, -0.1) is 0 Å². The van der Waals surface area contributed by atoms with E-state index in [2.05, 4.69) is 10.3 Å². The van der Waals surface area contributed by atoms with Crippen molar-refractivity contribution in [1.82, 2.24) is 4.98 Å². The minimum atomic E-state index is -0.409. The predicted molar refractivity (Wildman–Crippen MR) is 127 cm³/mol. The number of hydrogen-bond acceptors (Lipinski definition) is 5. The molecule has 0 atom stereocenters. The molecule has 172 valence electrons. The number of ether oxygens (including phenoxy) is 3. The Morgan fingerprint density at radius 3 is 2.59 bits per heavy atom. The van der Waals surface area contributed by atoms with Crippen molar-refractivity contribution in [2.45, 2.75) is 13.5 Å². The van der Waals surface area contributed by atoms with E-state index in [4.69, 9.17) is 14.2 Å². The first-order valence-electron chi connectivity index (χ1n) is 10.7. The third-order valence-corrected chi connectivity index (χ3v) is 4.78. The lowest BCUT2D eigenvalue weighted by Gasteiger charge is -2.15. The highest BCUT2D eigenvalue weighted by Gasteiger charge is 2.14. The average Bonchev–Trinajstić information content (AvgIpc) is 2.85. The van der Waals surface area contributed by atoms with Gasteiger partial charge in [0.15, 0.2) is 17.2 Å². The number of benzene rings is 3. The molecule has 3 aromatic carbocycles. The minimum Gasteiger partial charge on any atom is -0.490 e. The molecule has 0 fully saturated rings. The Morgan fingerprint density at radius 2 is 1.79 bits per heavy atom. The number of hydrogen-bond donors (Lipinski definition) is 1. The van der Waals surface area contributed by atoms with Gasteiger partial charge in [0.2, 0.25) is 0 Å². The molecule has 1 heterocycles. The molecule has 0 spiro atoms. The van der Waals surface area contributed by atoms with Gasteiger partial charge in [0.25, 0.3) is 5.91 Å². The van der Waals surface area contributed by atoms with Crippen LogP contribution in [0.4, 0.5) is 10.1 Å². The highest BCUT2D eigenvalue weighted by atomic mass is 19.1. The van der Waals surface area contributed by atoms with Gasteiger partial charge in [-0.25, -0.2) is 4.39 Å². The fourth-order valence-corrected chi connectivity index (χ4v) is 3.19.